The van der Waals surface area contributed by atoms with Crippen molar-refractivity contribution in [3.63, 3.8) is 0 Å². The molecule has 3 aromatic rings. The van der Waals surface area contributed by atoms with Crippen LogP contribution in [0.3, 0.4) is 0 Å². The third kappa shape index (κ3) is 5.79. The number of methoxy groups -OCH3 is 1. The highest BCUT2D eigenvalue weighted by Gasteiger charge is 2.36. The number of fused-ring (bicyclic) bond motifs is 1. The number of rotatable bonds is 7. The van der Waals surface area contributed by atoms with Crippen LogP contribution in [0.15, 0.2) is 53.3 Å². The van der Waals surface area contributed by atoms with Crippen LogP contribution in [-0.4, -0.2) is 53.9 Å². The van der Waals surface area contributed by atoms with Crippen LogP contribution < -0.4 is 5.32 Å². The molecule has 0 saturated carbocycles. The Morgan fingerprint density at radius 1 is 1.14 bits per heavy atom. The number of alkyl halides is 5. The zero-order chi connectivity index (χ0) is 27.0. The molecule has 1 aromatic heterocycles. The van der Waals surface area contributed by atoms with E-state index >= 15 is 0 Å². The highest BCUT2D eigenvalue weighted by atomic mass is 19.4. The molecule has 196 valence electrons. The maximum atomic E-state index is 13.6. The van der Waals surface area contributed by atoms with Crippen molar-refractivity contribution >= 4 is 28.8 Å². The summed E-state index contributed by atoms with van der Waals surface area (Å²) in [7, 11) is 3.16. The molecule has 7 nitrogen and oxygen atoms in total. The minimum absolute atomic E-state index is 0.176. The van der Waals surface area contributed by atoms with Crippen LogP contribution in [0.2, 0.25) is 0 Å². The van der Waals surface area contributed by atoms with Gasteiger partial charge in [-0.25, -0.2) is 13.6 Å². The molecule has 37 heavy (non-hydrogen) atoms. The van der Waals surface area contributed by atoms with Gasteiger partial charge in [-0.15, -0.1) is 0 Å². The van der Waals surface area contributed by atoms with E-state index < -0.39 is 23.2 Å². The predicted molar refractivity (Wildman–Crippen MR) is 128 cm³/mol. The molecule has 2 aromatic carbocycles. The fourth-order valence-corrected chi connectivity index (χ4v) is 3.90. The van der Waals surface area contributed by atoms with Gasteiger partial charge in [0.15, 0.2) is 5.84 Å². The third-order valence-corrected chi connectivity index (χ3v) is 5.83. The van der Waals surface area contributed by atoms with E-state index in [1.54, 1.807) is 44.6 Å². The largest absolute Gasteiger partial charge is 0.416 e. The van der Waals surface area contributed by atoms with Crippen molar-refractivity contribution in [2.45, 2.75) is 25.6 Å². The number of urea groups is 1. The summed E-state index contributed by atoms with van der Waals surface area (Å²) in [6.45, 7) is 1.05. The Hall–Kier alpha value is -3.80. The quantitative estimate of drug-likeness (QED) is 0.341. The van der Waals surface area contributed by atoms with E-state index in [-0.39, 0.29) is 18.1 Å². The van der Waals surface area contributed by atoms with Gasteiger partial charge in [0.05, 0.1) is 36.5 Å². The number of ether oxygens (including phenoxy) is 1. The summed E-state index contributed by atoms with van der Waals surface area (Å²) in [6, 6.07) is 7.45. The molecule has 1 N–H and O–H groups in total. The Kier molecular flexibility index (Phi) is 7.05. The van der Waals surface area contributed by atoms with Crippen LogP contribution in [0.5, 0.6) is 0 Å². The number of carbonyl (C=O) groups excluding carboxylic acids is 1. The van der Waals surface area contributed by atoms with Crippen molar-refractivity contribution in [3.05, 3.63) is 70.5 Å². The molecule has 0 unspecified atom stereocenters. The van der Waals surface area contributed by atoms with Crippen molar-refractivity contribution < 1.29 is 31.5 Å². The molecule has 1 fully saturated rings. The van der Waals surface area contributed by atoms with Gasteiger partial charge in [-0.05, 0) is 35.4 Å². The number of aliphatic imine (C=N–C) groups is 1. The van der Waals surface area contributed by atoms with Crippen LogP contribution in [0.25, 0.3) is 17.0 Å². The monoisotopic (exact) mass is 521 g/mol. The minimum atomic E-state index is -4.80. The second-order valence-corrected chi connectivity index (χ2v) is 8.64. The lowest BCUT2D eigenvalue weighted by molar-refractivity contribution is -0.138. The van der Waals surface area contributed by atoms with Crippen LogP contribution in [0, 0.1) is 0 Å². The van der Waals surface area contributed by atoms with Gasteiger partial charge in [-0.2, -0.15) is 18.3 Å². The first-order valence-corrected chi connectivity index (χ1v) is 11.2. The second kappa shape index (κ2) is 9.92. The van der Waals surface area contributed by atoms with Crippen molar-refractivity contribution in [2.24, 2.45) is 4.99 Å². The summed E-state index contributed by atoms with van der Waals surface area (Å²) in [4.78, 5) is 17.9. The molecule has 0 atom stereocenters. The first kappa shape index (κ1) is 26.3. The highest BCUT2D eigenvalue weighted by molar-refractivity contribution is 6.16. The Morgan fingerprint density at radius 3 is 2.57 bits per heavy atom. The number of aromatic nitrogens is 2. The average Bonchev–Trinajstić information content (AvgIpc) is 3.33. The van der Waals surface area contributed by atoms with E-state index in [2.05, 4.69) is 15.4 Å². The Morgan fingerprint density at radius 2 is 1.89 bits per heavy atom. The van der Waals surface area contributed by atoms with Gasteiger partial charge in [-0.1, -0.05) is 18.2 Å². The maximum Gasteiger partial charge on any atom is 0.416 e. The fraction of sp³-hybridized carbons (Fsp3) is 0.320. The molecule has 0 bridgehead atoms. The maximum absolute atomic E-state index is 13.6. The summed E-state index contributed by atoms with van der Waals surface area (Å²) in [5.74, 6) is -2.99. The summed E-state index contributed by atoms with van der Waals surface area (Å²) in [6.07, 6.45) is -1.47. The van der Waals surface area contributed by atoms with E-state index in [0.717, 1.165) is 17.7 Å². The summed E-state index contributed by atoms with van der Waals surface area (Å²) in [5, 5.41) is 7.67. The topological polar surface area (TPSA) is 71.8 Å². The summed E-state index contributed by atoms with van der Waals surface area (Å²) >= 11 is 0. The van der Waals surface area contributed by atoms with Gasteiger partial charge in [0, 0.05) is 38.2 Å². The smallest absolute Gasteiger partial charge is 0.383 e. The van der Waals surface area contributed by atoms with Gasteiger partial charge in [0.25, 0.3) is 5.92 Å². The molecule has 2 amide bonds. The number of amides is 2. The molecule has 0 aliphatic carbocycles. The fourth-order valence-electron chi connectivity index (χ4n) is 3.90. The lowest BCUT2D eigenvalue weighted by atomic mass is 10.0. The predicted octanol–water partition coefficient (Wildman–Crippen LogP) is 5.26. The van der Waals surface area contributed by atoms with Crippen LogP contribution in [0.4, 0.5) is 26.7 Å². The first-order chi connectivity index (χ1) is 17.4. The number of likely N-dealkylation sites (N-methyl/N-ethyl adjacent to an activating group) is 1. The molecule has 12 heteroatoms. The SMILES string of the molecule is COCCN=C1NC(=O)N(C)/C1=C\c1ccc2nn(Cc3ccc(C(C)(F)F)cc3C(F)(F)F)cc2c1. The Bertz CT molecular complexity index is 1390. The van der Waals surface area contributed by atoms with Crippen molar-refractivity contribution in [2.75, 3.05) is 27.3 Å². The van der Waals surface area contributed by atoms with Crippen molar-refractivity contribution in [3.8, 4) is 0 Å². The number of hydrogen-bond donors (Lipinski definition) is 1. The number of halogens is 5. The number of benzene rings is 2. The highest BCUT2D eigenvalue weighted by Crippen LogP contribution is 2.37. The molecule has 2 heterocycles. The number of amidine groups is 1. The van der Waals surface area contributed by atoms with Crippen LogP contribution in [-0.2, 0) is 23.4 Å². The summed E-state index contributed by atoms with van der Waals surface area (Å²) < 4.78 is 74.5. The van der Waals surface area contributed by atoms with E-state index in [4.69, 9.17) is 4.74 Å². The minimum Gasteiger partial charge on any atom is -0.383 e. The lowest BCUT2D eigenvalue weighted by Crippen LogP contribution is -2.24. The number of carbonyl (C=O) groups is 1. The van der Waals surface area contributed by atoms with Crippen molar-refractivity contribution in [1.29, 1.82) is 0 Å². The normalized spacial score (nSPS) is 16.9. The number of nitrogens with zero attached hydrogens (tertiary/aromatic N) is 4. The third-order valence-electron chi connectivity index (χ3n) is 5.83. The zero-order valence-electron chi connectivity index (χ0n) is 20.2. The molecular formula is C25H24F5N5O2. The van der Waals surface area contributed by atoms with Gasteiger partial charge >= 0.3 is 12.2 Å². The van der Waals surface area contributed by atoms with Crippen LogP contribution in [0.1, 0.15) is 29.2 Å². The standard InChI is InChI=1S/C25H24F5N5O2/c1-24(26,27)18-6-5-16(19(12-18)25(28,29)30)13-35-14-17-10-15(4-7-20(17)33-35)11-21-22(31-8-9-37-3)32-23(36)34(21)2/h4-7,10-12,14H,8-9,13H2,1-3H3,(H,31,32,36)/b21-11-. The van der Waals surface area contributed by atoms with Gasteiger partial charge in [0.1, 0.15) is 0 Å². The number of nitrogens with one attached hydrogen (secondary N) is 1. The van der Waals surface area contributed by atoms with Crippen LogP contribution >= 0.6 is 0 Å². The van der Waals surface area contributed by atoms with E-state index in [9.17, 15) is 26.7 Å². The second-order valence-electron chi connectivity index (χ2n) is 8.64. The number of hydrogen-bond acceptors (Lipinski definition) is 4. The molecule has 1 aliphatic heterocycles. The first-order valence-electron chi connectivity index (χ1n) is 11.2. The van der Waals surface area contributed by atoms with Crippen molar-refractivity contribution in [1.82, 2.24) is 20.0 Å². The van der Waals surface area contributed by atoms with Gasteiger partial charge in [-0.3, -0.25) is 19.9 Å². The van der Waals surface area contributed by atoms with Gasteiger partial charge < -0.3 is 4.74 Å². The van der Waals surface area contributed by atoms with Gasteiger partial charge in [0.2, 0.25) is 0 Å². The lowest BCUT2D eigenvalue weighted by Gasteiger charge is -2.17. The molecule has 1 saturated heterocycles. The molecule has 4 rings (SSSR count). The van der Waals surface area contributed by atoms with E-state index in [1.807, 2.05) is 0 Å². The summed E-state index contributed by atoms with van der Waals surface area (Å²) in [5.41, 5.74) is -0.203. The molecule has 1 aliphatic rings. The Labute approximate surface area is 209 Å². The zero-order valence-corrected chi connectivity index (χ0v) is 20.2. The molecule has 0 spiro atoms. The average molecular weight is 521 g/mol. The van der Waals surface area contributed by atoms with E-state index in [0.29, 0.717) is 48.6 Å². The molecule has 0 radical (unpaired) electrons. The van der Waals surface area contributed by atoms with E-state index in [1.165, 1.54) is 9.58 Å². The Balaban J connectivity index is 1.64. The molecular weight excluding hydrogens is 497 g/mol.